The van der Waals surface area contributed by atoms with E-state index in [4.69, 9.17) is 0 Å². The molecule has 104 valence electrons. The summed E-state index contributed by atoms with van der Waals surface area (Å²) in [7, 11) is 0. The predicted molar refractivity (Wildman–Crippen MR) is 80.1 cm³/mol. The van der Waals surface area contributed by atoms with Gasteiger partial charge in [0.05, 0.1) is 11.1 Å². The molecule has 0 unspecified atom stereocenters. The minimum Gasteiger partial charge on any atom is -0.317 e. The lowest BCUT2D eigenvalue weighted by molar-refractivity contribution is -0.127. The number of rotatable bonds is 3. The molecule has 0 spiro atoms. The van der Waals surface area contributed by atoms with E-state index in [2.05, 4.69) is 38.5 Å². The van der Waals surface area contributed by atoms with Crippen molar-refractivity contribution in [3.05, 3.63) is 22.3 Å². The Hall–Kier alpha value is -0.940. The minimum absolute atomic E-state index is 0.103. The first-order chi connectivity index (χ1) is 9.07. The minimum atomic E-state index is -0.242. The third-order valence-corrected chi connectivity index (χ3v) is 4.82. The fraction of sp³-hybridized carbons (Fsp3) is 0.571. The number of aromatic nitrogens is 1. The van der Waals surface area contributed by atoms with E-state index in [0.29, 0.717) is 5.82 Å². The molecule has 4 nitrogen and oxygen atoms in total. The molecule has 1 aromatic rings. The van der Waals surface area contributed by atoms with Crippen LogP contribution in [-0.4, -0.2) is 24.0 Å². The van der Waals surface area contributed by atoms with Crippen LogP contribution in [0.5, 0.6) is 0 Å². The van der Waals surface area contributed by atoms with Crippen LogP contribution in [-0.2, 0) is 4.79 Å². The second kappa shape index (κ2) is 6.01. The van der Waals surface area contributed by atoms with E-state index >= 15 is 0 Å². The molecule has 1 aromatic heterocycles. The number of pyridine rings is 1. The molecule has 0 bridgehead atoms. The maximum atomic E-state index is 12.5. The Morgan fingerprint density at radius 1 is 1.47 bits per heavy atom. The molecular formula is C14H20BrN3O. The summed E-state index contributed by atoms with van der Waals surface area (Å²) in [4.78, 5) is 16.9. The number of hydrogen-bond acceptors (Lipinski definition) is 3. The van der Waals surface area contributed by atoms with E-state index in [9.17, 15) is 4.79 Å². The topological polar surface area (TPSA) is 54.0 Å². The van der Waals surface area contributed by atoms with Crippen LogP contribution in [0.25, 0.3) is 0 Å². The van der Waals surface area contributed by atoms with Crippen molar-refractivity contribution in [1.82, 2.24) is 10.3 Å². The van der Waals surface area contributed by atoms with Crippen LogP contribution in [0.3, 0.4) is 0 Å². The van der Waals surface area contributed by atoms with Gasteiger partial charge in [-0.15, -0.1) is 0 Å². The van der Waals surface area contributed by atoms with Gasteiger partial charge >= 0.3 is 0 Å². The number of halogens is 1. The molecule has 0 aliphatic carbocycles. The number of nitrogens with zero attached hydrogens (tertiary/aromatic N) is 1. The number of carbonyl (C=O) groups is 1. The molecule has 1 aliphatic rings. The third-order valence-electron chi connectivity index (χ3n) is 3.98. The van der Waals surface area contributed by atoms with Gasteiger partial charge in [-0.25, -0.2) is 4.98 Å². The molecular weight excluding hydrogens is 306 g/mol. The van der Waals surface area contributed by atoms with Gasteiger partial charge in [-0.1, -0.05) is 6.92 Å². The van der Waals surface area contributed by atoms with E-state index in [1.807, 2.05) is 19.1 Å². The standard InChI is InChI=1S/C14H20BrN3O/c1-3-14(6-8-16-9-7-14)13(19)18-12-5-4-11(15)10(2)17-12/h4-5,16H,3,6-9H2,1-2H3,(H,17,18,19). The highest BCUT2D eigenvalue weighted by atomic mass is 79.9. The Labute approximate surface area is 122 Å². The van der Waals surface area contributed by atoms with Gasteiger partial charge in [0.25, 0.3) is 0 Å². The maximum absolute atomic E-state index is 12.5. The molecule has 2 rings (SSSR count). The van der Waals surface area contributed by atoms with Crippen LogP contribution in [0.1, 0.15) is 31.9 Å². The Morgan fingerprint density at radius 2 is 2.16 bits per heavy atom. The molecule has 0 saturated carbocycles. The number of nitrogens with one attached hydrogen (secondary N) is 2. The SMILES string of the molecule is CCC1(C(=O)Nc2ccc(Br)c(C)n2)CCNCC1. The number of hydrogen-bond donors (Lipinski definition) is 2. The van der Waals surface area contributed by atoms with Crippen molar-refractivity contribution in [2.75, 3.05) is 18.4 Å². The van der Waals surface area contributed by atoms with Crippen LogP contribution in [0.2, 0.25) is 0 Å². The number of aryl methyl sites for hydroxylation is 1. The highest BCUT2D eigenvalue weighted by Crippen LogP contribution is 2.33. The Bertz CT molecular complexity index is 470. The number of piperidine rings is 1. The predicted octanol–water partition coefficient (Wildman–Crippen LogP) is 2.87. The van der Waals surface area contributed by atoms with Crippen molar-refractivity contribution in [2.45, 2.75) is 33.1 Å². The summed E-state index contributed by atoms with van der Waals surface area (Å²) in [5.74, 6) is 0.739. The highest BCUT2D eigenvalue weighted by Gasteiger charge is 2.37. The first-order valence-corrected chi connectivity index (χ1v) is 7.52. The summed E-state index contributed by atoms with van der Waals surface area (Å²) in [6.07, 6.45) is 2.66. The third kappa shape index (κ3) is 3.15. The molecule has 1 aliphatic heterocycles. The summed E-state index contributed by atoms with van der Waals surface area (Å²) >= 11 is 3.41. The van der Waals surface area contributed by atoms with Gasteiger partial charge < -0.3 is 10.6 Å². The lowest BCUT2D eigenvalue weighted by Crippen LogP contribution is -2.44. The van der Waals surface area contributed by atoms with Crippen molar-refractivity contribution in [2.24, 2.45) is 5.41 Å². The summed E-state index contributed by atoms with van der Waals surface area (Å²) in [5, 5.41) is 6.28. The zero-order chi connectivity index (χ0) is 13.9. The number of anilines is 1. The van der Waals surface area contributed by atoms with Gasteiger partial charge in [0, 0.05) is 4.47 Å². The van der Waals surface area contributed by atoms with E-state index < -0.39 is 0 Å². The smallest absolute Gasteiger partial charge is 0.231 e. The van der Waals surface area contributed by atoms with Gasteiger partial charge in [0.2, 0.25) is 5.91 Å². The van der Waals surface area contributed by atoms with Gasteiger partial charge in [-0.2, -0.15) is 0 Å². The average Bonchev–Trinajstić information content (AvgIpc) is 2.43. The molecule has 5 heteroatoms. The largest absolute Gasteiger partial charge is 0.317 e. The molecule has 0 aromatic carbocycles. The Morgan fingerprint density at radius 3 is 2.74 bits per heavy atom. The van der Waals surface area contributed by atoms with Gasteiger partial charge in [-0.05, 0) is 67.3 Å². The molecule has 0 radical (unpaired) electrons. The van der Waals surface area contributed by atoms with Crippen molar-refractivity contribution < 1.29 is 4.79 Å². The van der Waals surface area contributed by atoms with Crippen LogP contribution in [0, 0.1) is 12.3 Å². The van der Waals surface area contributed by atoms with Gasteiger partial charge in [0.15, 0.2) is 0 Å². The summed E-state index contributed by atoms with van der Waals surface area (Å²) in [6.45, 7) is 5.83. The second-order valence-corrected chi connectivity index (χ2v) is 5.96. The van der Waals surface area contributed by atoms with Crippen LogP contribution < -0.4 is 10.6 Å². The fourth-order valence-corrected chi connectivity index (χ4v) is 2.73. The lowest BCUT2D eigenvalue weighted by atomic mass is 9.76. The molecule has 1 saturated heterocycles. The van der Waals surface area contributed by atoms with Crippen molar-refractivity contribution in [1.29, 1.82) is 0 Å². The monoisotopic (exact) mass is 325 g/mol. The maximum Gasteiger partial charge on any atom is 0.231 e. The molecule has 2 heterocycles. The second-order valence-electron chi connectivity index (χ2n) is 5.10. The molecule has 1 amide bonds. The summed E-state index contributed by atoms with van der Waals surface area (Å²) in [6, 6.07) is 3.75. The zero-order valence-corrected chi connectivity index (χ0v) is 13.0. The van der Waals surface area contributed by atoms with Gasteiger partial charge in [-0.3, -0.25) is 4.79 Å². The Balaban J connectivity index is 2.12. The molecule has 0 atom stereocenters. The van der Waals surface area contributed by atoms with Crippen LogP contribution >= 0.6 is 15.9 Å². The van der Waals surface area contributed by atoms with Gasteiger partial charge in [0.1, 0.15) is 5.82 Å². The van der Waals surface area contributed by atoms with Crippen LogP contribution in [0.4, 0.5) is 5.82 Å². The van der Waals surface area contributed by atoms with E-state index in [-0.39, 0.29) is 11.3 Å². The normalized spacial score (nSPS) is 18.1. The van der Waals surface area contributed by atoms with Crippen molar-refractivity contribution >= 4 is 27.7 Å². The van der Waals surface area contributed by atoms with E-state index in [1.165, 1.54) is 0 Å². The number of amides is 1. The molecule has 19 heavy (non-hydrogen) atoms. The fourth-order valence-electron chi connectivity index (χ4n) is 2.51. The summed E-state index contributed by atoms with van der Waals surface area (Å²) < 4.78 is 0.956. The quantitative estimate of drug-likeness (QED) is 0.898. The molecule has 1 fully saturated rings. The first kappa shape index (κ1) is 14.5. The van der Waals surface area contributed by atoms with Crippen molar-refractivity contribution in [3.63, 3.8) is 0 Å². The Kier molecular flexibility index (Phi) is 4.58. The number of carbonyl (C=O) groups excluding carboxylic acids is 1. The van der Waals surface area contributed by atoms with E-state index in [1.54, 1.807) is 0 Å². The zero-order valence-electron chi connectivity index (χ0n) is 11.4. The van der Waals surface area contributed by atoms with Crippen molar-refractivity contribution in [3.8, 4) is 0 Å². The average molecular weight is 326 g/mol. The first-order valence-electron chi connectivity index (χ1n) is 6.73. The van der Waals surface area contributed by atoms with E-state index in [0.717, 1.165) is 42.5 Å². The van der Waals surface area contributed by atoms with Crippen LogP contribution in [0.15, 0.2) is 16.6 Å². The summed E-state index contributed by atoms with van der Waals surface area (Å²) in [5.41, 5.74) is 0.641. The lowest BCUT2D eigenvalue weighted by Gasteiger charge is -2.35. The highest BCUT2D eigenvalue weighted by molar-refractivity contribution is 9.10. The molecule has 2 N–H and O–H groups in total.